The summed E-state index contributed by atoms with van der Waals surface area (Å²) in [6.45, 7) is -0.0540. The summed E-state index contributed by atoms with van der Waals surface area (Å²) < 4.78 is 0. The molecule has 1 atom stereocenters. The van der Waals surface area contributed by atoms with Gasteiger partial charge in [-0.05, 0) is 23.8 Å². The Kier molecular flexibility index (Phi) is 5.74. The Morgan fingerprint density at radius 3 is 2.55 bits per heavy atom. The van der Waals surface area contributed by atoms with Crippen LogP contribution >= 0.6 is 0 Å². The summed E-state index contributed by atoms with van der Waals surface area (Å²) >= 11 is 0. The van der Waals surface area contributed by atoms with Crippen LogP contribution in [0.25, 0.3) is 11.3 Å². The Labute approximate surface area is 179 Å². The molecule has 0 spiro atoms. The number of nitrogens with one attached hydrogen (secondary N) is 1. The molecule has 1 aliphatic heterocycles. The highest BCUT2D eigenvalue weighted by molar-refractivity contribution is 5.99. The van der Waals surface area contributed by atoms with Crippen molar-refractivity contribution < 1.29 is 14.7 Å². The van der Waals surface area contributed by atoms with Gasteiger partial charge < -0.3 is 15.3 Å². The van der Waals surface area contributed by atoms with Gasteiger partial charge in [0, 0.05) is 17.7 Å². The molecule has 7 nitrogen and oxygen atoms in total. The van der Waals surface area contributed by atoms with Gasteiger partial charge in [0.2, 0.25) is 5.91 Å². The van der Waals surface area contributed by atoms with Gasteiger partial charge in [-0.25, -0.2) is 4.98 Å². The van der Waals surface area contributed by atoms with Crippen molar-refractivity contribution in [3.63, 3.8) is 0 Å². The quantitative estimate of drug-likeness (QED) is 0.647. The Balaban J connectivity index is 1.45. The Hall–Kier alpha value is -4.02. The number of carbonyl (C=O) groups excluding carboxylic acids is 2. The fourth-order valence-corrected chi connectivity index (χ4v) is 3.56. The summed E-state index contributed by atoms with van der Waals surface area (Å²) in [6.07, 6.45) is 0. The standard InChI is InChI=1S/C24H20N4O3/c25-12-16-6-8-18(9-7-16)20-11-10-19-13-28(24(31)23(19)27-20)14-22(30)26-21(15-29)17-4-2-1-3-5-17/h1-11,21,29H,13-15H2,(H,26,30)/t21-/m1/s1. The van der Waals surface area contributed by atoms with Gasteiger partial charge in [-0.3, -0.25) is 9.59 Å². The van der Waals surface area contributed by atoms with Crippen LogP contribution in [0.4, 0.5) is 0 Å². The zero-order chi connectivity index (χ0) is 21.8. The van der Waals surface area contributed by atoms with E-state index in [0.29, 0.717) is 23.5 Å². The average molecular weight is 412 g/mol. The molecule has 0 radical (unpaired) electrons. The smallest absolute Gasteiger partial charge is 0.273 e. The van der Waals surface area contributed by atoms with Gasteiger partial charge in [-0.1, -0.05) is 48.5 Å². The molecule has 0 unspecified atom stereocenters. The van der Waals surface area contributed by atoms with Crippen LogP contribution in [0.5, 0.6) is 0 Å². The summed E-state index contributed by atoms with van der Waals surface area (Å²) in [5.74, 6) is -0.655. The van der Waals surface area contributed by atoms with Gasteiger partial charge in [0.1, 0.15) is 12.2 Å². The van der Waals surface area contributed by atoms with Gasteiger partial charge in [0.15, 0.2) is 0 Å². The van der Waals surface area contributed by atoms with Crippen molar-refractivity contribution in [2.45, 2.75) is 12.6 Å². The van der Waals surface area contributed by atoms with Crippen molar-refractivity contribution in [3.8, 4) is 17.3 Å². The van der Waals surface area contributed by atoms with E-state index >= 15 is 0 Å². The van der Waals surface area contributed by atoms with Crippen molar-refractivity contribution in [2.75, 3.05) is 13.2 Å². The Morgan fingerprint density at radius 1 is 1.13 bits per heavy atom. The lowest BCUT2D eigenvalue weighted by molar-refractivity contribution is -0.122. The predicted octanol–water partition coefficient (Wildman–Crippen LogP) is 2.43. The first-order valence-electron chi connectivity index (χ1n) is 9.84. The minimum Gasteiger partial charge on any atom is -0.394 e. The van der Waals surface area contributed by atoms with Crippen LogP contribution in [-0.2, 0) is 11.3 Å². The third-order valence-electron chi connectivity index (χ3n) is 5.19. The van der Waals surface area contributed by atoms with Crippen molar-refractivity contribution in [1.82, 2.24) is 15.2 Å². The molecule has 1 aromatic heterocycles. The summed E-state index contributed by atoms with van der Waals surface area (Å²) in [6, 6.07) is 21.4. The van der Waals surface area contributed by atoms with Crippen LogP contribution in [0, 0.1) is 11.3 Å². The van der Waals surface area contributed by atoms with Crippen molar-refractivity contribution in [2.24, 2.45) is 0 Å². The lowest BCUT2D eigenvalue weighted by Gasteiger charge is -2.20. The molecule has 2 amide bonds. The van der Waals surface area contributed by atoms with Crippen molar-refractivity contribution >= 4 is 11.8 Å². The maximum Gasteiger partial charge on any atom is 0.273 e. The second-order valence-electron chi connectivity index (χ2n) is 7.27. The normalized spacial score (nSPS) is 13.4. The monoisotopic (exact) mass is 412 g/mol. The first-order valence-corrected chi connectivity index (χ1v) is 9.84. The molecule has 0 fully saturated rings. The molecule has 2 heterocycles. The topological polar surface area (TPSA) is 106 Å². The van der Waals surface area contributed by atoms with Crippen molar-refractivity contribution in [3.05, 3.63) is 89.1 Å². The first-order chi connectivity index (χ1) is 15.1. The predicted molar refractivity (Wildman–Crippen MR) is 114 cm³/mol. The number of hydrogen-bond donors (Lipinski definition) is 2. The molecule has 0 saturated heterocycles. The molecule has 7 heteroatoms. The summed E-state index contributed by atoms with van der Waals surface area (Å²) in [5.41, 5.74) is 3.87. The van der Waals surface area contributed by atoms with E-state index in [0.717, 1.165) is 16.7 Å². The SMILES string of the molecule is N#Cc1ccc(-c2ccc3c(n2)C(=O)N(CC(=O)N[C@H](CO)c2ccccc2)C3)cc1. The van der Waals surface area contributed by atoms with Gasteiger partial charge in [-0.15, -0.1) is 0 Å². The highest BCUT2D eigenvalue weighted by Gasteiger charge is 2.31. The largest absolute Gasteiger partial charge is 0.394 e. The molecule has 0 bridgehead atoms. The fourth-order valence-electron chi connectivity index (χ4n) is 3.56. The molecule has 3 aromatic rings. The Bertz CT molecular complexity index is 1150. The molecular formula is C24H20N4O3. The van der Waals surface area contributed by atoms with E-state index in [4.69, 9.17) is 5.26 Å². The van der Waals surface area contributed by atoms with Gasteiger partial charge in [-0.2, -0.15) is 5.26 Å². The van der Waals surface area contributed by atoms with E-state index in [1.807, 2.05) is 42.5 Å². The number of nitrogens with zero attached hydrogens (tertiary/aromatic N) is 3. The lowest BCUT2D eigenvalue weighted by atomic mass is 10.1. The molecule has 4 rings (SSSR count). The van der Waals surface area contributed by atoms with Crippen LogP contribution in [0.15, 0.2) is 66.7 Å². The van der Waals surface area contributed by atoms with Gasteiger partial charge in [0.25, 0.3) is 5.91 Å². The molecule has 0 aliphatic carbocycles. The number of amides is 2. The maximum absolute atomic E-state index is 12.8. The fraction of sp³-hybridized carbons (Fsp3) is 0.167. The van der Waals surface area contributed by atoms with E-state index in [-0.39, 0.29) is 25.0 Å². The van der Waals surface area contributed by atoms with E-state index in [1.165, 1.54) is 4.90 Å². The zero-order valence-corrected chi connectivity index (χ0v) is 16.7. The van der Waals surface area contributed by atoms with E-state index in [1.54, 1.807) is 24.3 Å². The maximum atomic E-state index is 12.8. The number of aliphatic hydroxyl groups is 1. The van der Waals surface area contributed by atoms with Crippen LogP contribution in [0.1, 0.15) is 33.2 Å². The molecular weight excluding hydrogens is 392 g/mol. The van der Waals surface area contributed by atoms with Crippen LogP contribution in [0.3, 0.4) is 0 Å². The lowest BCUT2D eigenvalue weighted by Crippen LogP contribution is -2.40. The summed E-state index contributed by atoms with van der Waals surface area (Å²) in [7, 11) is 0. The number of rotatable bonds is 6. The van der Waals surface area contributed by atoms with Crippen LogP contribution in [0.2, 0.25) is 0 Å². The third-order valence-corrected chi connectivity index (χ3v) is 5.19. The minimum atomic E-state index is -0.533. The van der Waals surface area contributed by atoms with Crippen LogP contribution in [-0.4, -0.2) is 40.0 Å². The third kappa shape index (κ3) is 4.29. The number of aliphatic hydroxyl groups excluding tert-OH is 1. The second kappa shape index (κ2) is 8.78. The number of nitriles is 1. The molecule has 2 aromatic carbocycles. The second-order valence-corrected chi connectivity index (χ2v) is 7.27. The number of benzene rings is 2. The summed E-state index contributed by atoms with van der Waals surface area (Å²) in [4.78, 5) is 31.3. The summed E-state index contributed by atoms with van der Waals surface area (Å²) in [5, 5.41) is 21.3. The van der Waals surface area contributed by atoms with E-state index in [2.05, 4.69) is 16.4 Å². The highest BCUT2D eigenvalue weighted by atomic mass is 16.3. The Morgan fingerprint density at radius 2 is 1.87 bits per heavy atom. The number of fused-ring (bicyclic) bond motifs is 1. The van der Waals surface area contributed by atoms with Gasteiger partial charge >= 0.3 is 0 Å². The molecule has 0 saturated carbocycles. The highest BCUT2D eigenvalue weighted by Crippen LogP contribution is 2.25. The molecule has 31 heavy (non-hydrogen) atoms. The molecule has 154 valence electrons. The van der Waals surface area contributed by atoms with Crippen molar-refractivity contribution in [1.29, 1.82) is 5.26 Å². The average Bonchev–Trinajstić information content (AvgIpc) is 3.12. The number of aromatic nitrogens is 1. The zero-order valence-electron chi connectivity index (χ0n) is 16.7. The first kappa shape index (κ1) is 20.3. The minimum absolute atomic E-state index is 0.120. The van der Waals surface area contributed by atoms with Gasteiger partial charge in [0.05, 0.1) is 30.0 Å². The number of carbonyl (C=O) groups is 2. The van der Waals surface area contributed by atoms with E-state index < -0.39 is 6.04 Å². The molecule has 2 N–H and O–H groups in total. The number of pyridine rings is 1. The number of hydrogen-bond acceptors (Lipinski definition) is 5. The van der Waals surface area contributed by atoms with Crippen LogP contribution < -0.4 is 5.32 Å². The van der Waals surface area contributed by atoms with E-state index in [9.17, 15) is 14.7 Å². The molecule has 1 aliphatic rings.